The van der Waals surface area contributed by atoms with E-state index in [1.54, 1.807) is 12.1 Å². The van der Waals surface area contributed by atoms with Crippen LogP contribution >= 0.6 is 11.3 Å². The lowest BCUT2D eigenvalue weighted by Crippen LogP contribution is -2.19. The van der Waals surface area contributed by atoms with Crippen molar-refractivity contribution in [3.8, 4) is 11.8 Å². The lowest BCUT2D eigenvalue weighted by atomic mass is 9.95. The van der Waals surface area contributed by atoms with E-state index in [1.165, 1.54) is 17.4 Å². The summed E-state index contributed by atoms with van der Waals surface area (Å²) >= 11 is 1.38. The third-order valence-electron chi connectivity index (χ3n) is 5.22. The minimum absolute atomic E-state index is 0.0431. The van der Waals surface area contributed by atoms with Crippen LogP contribution in [-0.2, 0) is 17.6 Å². The van der Waals surface area contributed by atoms with Gasteiger partial charge in [-0.25, -0.2) is 0 Å². The molecular formula is C24H27N3O3S. The number of nitrogens with one attached hydrogen (secondary N) is 1. The van der Waals surface area contributed by atoms with Gasteiger partial charge in [-0.3, -0.25) is 9.59 Å². The highest BCUT2D eigenvalue weighted by Gasteiger charge is 2.25. The van der Waals surface area contributed by atoms with Gasteiger partial charge in [0, 0.05) is 4.88 Å². The quantitative estimate of drug-likeness (QED) is 0.333. The molecule has 2 aromatic rings. The summed E-state index contributed by atoms with van der Waals surface area (Å²) < 4.78 is 5.69. The molecule has 0 bridgehead atoms. The van der Waals surface area contributed by atoms with Crippen LogP contribution in [-0.4, -0.2) is 18.4 Å². The SMILES string of the molecule is CCCCCOc1ccc(/C=C(\C#N)C(=O)Nc2sc3c(c2C(N)=O)CCCC3)cc1. The summed E-state index contributed by atoms with van der Waals surface area (Å²) in [6, 6.07) is 9.20. The Balaban J connectivity index is 1.72. The average molecular weight is 438 g/mol. The Morgan fingerprint density at radius 3 is 2.65 bits per heavy atom. The minimum Gasteiger partial charge on any atom is -0.494 e. The molecule has 3 N–H and O–H groups in total. The second-order valence-electron chi connectivity index (χ2n) is 7.53. The largest absolute Gasteiger partial charge is 0.494 e. The van der Waals surface area contributed by atoms with Crippen molar-refractivity contribution in [3.05, 3.63) is 51.4 Å². The van der Waals surface area contributed by atoms with E-state index in [-0.39, 0.29) is 5.57 Å². The fraction of sp³-hybridized carbons (Fsp3) is 0.375. The zero-order valence-electron chi connectivity index (χ0n) is 17.7. The van der Waals surface area contributed by atoms with E-state index in [4.69, 9.17) is 10.5 Å². The first-order chi connectivity index (χ1) is 15.0. The normalized spacial score (nSPS) is 13.2. The Morgan fingerprint density at radius 1 is 1.23 bits per heavy atom. The first-order valence-electron chi connectivity index (χ1n) is 10.6. The zero-order valence-corrected chi connectivity index (χ0v) is 18.5. The maximum absolute atomic E-state index is 12.7. The molecule has 0 saturated carbocycles. The summed E-state index contributed by atoms with van der Waals surface area (Å²) in [7, 11) is 0. The zero-order chi connectivity index (χ0) is 22.2. The summed E-state index contributed by atoms with van der Waals surface area (Å²) in [6.07, 6.45) is 8.52. The van der Waals surface area contributed by atoms with E-state index in [9.17, 15) is 14.9 Å². The first kappa shape index (κ1) is 22.6. The summed E-state index contributed by atoms with van der Waals surface area (Å²) in [4.78, 5) is 25.8. The third-order valence-corrected chi connectivity index (χ3v) is 6.42. The van der Waals surface area contributed by atoms with Crippen molar-refractivity contribution in [3.63, 3.8) is 0 Å². The lowest BCUT2D eigenvalue weighted by Gasteiger charge is -2.11. The second-order valence-corrected chi connectivity index (χ2v) is 8.63. The van der Waals surface area contributed by atoms with Crippen LogP contribution in [0.25, 0.3) is 6.08 Å². The molecule has 7 heteroatoms. The van der Waals surface area contributed by atoms with Crippen LogP contribution in [0.3, 0.4) is 0 Å². The number of ether oxygens (including phenoxy) is 1. The Bertz CT molecular complexity index is 1020. The number of fused-ring (bicyclic) bond motifs is 1. The number of hydrogen-bond donors (Lipinski definition) is 2. The number of nitrogens with zero attached hydrogens (tertiary/aromatic N) is 1. The second kappa shape index (κ2) is 10.8. The van der Waals surface area contributed by atoms with Crippen LogP contribution in [0.4, 0.5) is 5.00 Å². The predicted octanol–water partition coefficient (Wildman–Crippen LogP) is 4.84. The van der Waals surface area contributed by atoms with Gasteiger partial charge in [0.15, 0.2) is 0 Å². The van der Waals surface area contributed by atoms with Crippen LogP contribution in [0.2, 0.25) is 0 Å². The van der Waals surface area contributed by atoms with Crippen LogP contribution in [0.5, 0.6) is 5.75 Å². The number of amides is 2. The Hall–Kier alpha value is -3.11. The Labute approximate surface area is 186 Å². The number of benzene rings is 1. The monoisotopic (exact) mass is 437 g/mol. The van der Waals surface area contributed by atoms with Gasteiger partial charge in [-0.15, -0.1) is 11.3 Å². The molecule has 0 atom stereocenters. The van der Waals surface area contributed by atoms with Gasteiger partial charge in [-0.05, 0) is 61.4 Å². The lowest BCUT2D eigenvalue weighted by molar-refractivity contribution is -0.112. The molecule has 1 aliphatic rings. The van der Waals surface area contributed by atoms with E-state index >= 15 is 0 Å². The number of primary amides is 1. The molecule has 1 heterocycles. The van der Waals surface area contributed by atoms with Gasteiger partial charge in [0.25, 0.3) is 11.8 Å². The van der Waals surface area contributed by atoms with Crippen molar-refractivity contribution in [2.45, 2.75) is 51.9 Å². The number of aryl methyl sites for hydroxylation is 1. The molecule has 0 radical (unpaired) electrons. The molecular weight excluding hydrogens is 410 g/mol. The third kappa shape index (κ3) is 5.74. The van der Waals surface area contributed by atoms with E-state index in [1.807, 2.05) is 18.2 Å². The van der Waals surface area contributed by atoms with Gasteiger partial charge in [-0.2, -0.15) is 5.26 Å². The van der Waals surface area contributed by atoms with Crippen molar-refractivity contribution < 1.29 is 14.3 Å². The molecule has 31 heavy (non-hydrogen) atoms. The van der Waals surface area contributed by atoms with E-state index < -0.39 is 11.8 Å². The summed E-state index contributed by atoms with van der Waals surface area (Å²) in [5.41, 5.74) is 7.58. The number of carbonyl (C=O) groups is 2. The van der Waals surface area contributed by atoms with Crippen molar-refractivity contribution in [1.82, 2.24) is 0 Å². The van der Waals surface area contributed by atoms with Gasteiger partial charge < -0.3 is 15.8 Å². The molecule has 3 rings (SSSR count). The first-order valence-corrected chi connectivity index (χ1v) is 11.5. The number of carbonyl (C=O) groups excluding carboxylic acids is 2. The van der Waals surface area contributed by atoms with Gasteiger partial charge in [-0.1, -0.05) is 31.9 Å². The number of hydrogen-bond acceptors (Lipinski definition) is 5. The van der Waals surface area contributed by atoms with E-state index in [0.29, 0.717) is 22.7 Å². The number of nitriles is 1. The number of rotatable bonds is 9. The highest BCUT2D eigenvalue weighted by atomic mass is 32.1. The minimum atomic E-state index is -0.552. The van der Waals surface area contributed by atoms with Crippen LogP contribution in [0.1, 0.15) is 65.4 Å². The summed E-state index contributed by atoms with van der Waals surface area (Å²) in [6.45, 7) is 2.81. The molecule has 6 nitrogen and oxygen atoms in total. The number of unbranched alkanes of at least 4 members (excludes halogenated alkanes) is 2. The van der Waals surface area contributed by atoms with Crippen molar-refractivity contribution in [1.29, 1.82) is 5.26 Å². The Morgan fingerprint density at radius 2 is 1.97 bits per heavy atom. The number of anilines is 1. The van der Waals surface area contributed by atoms with Crippen LogP contribution in [0, 0.1) is 11.3 Å². The highest BCUT2D eigenvalue weighted by Crippen LogP contribution is 2.38. The summed E-state index contributed by atoms with van der Waals surface area (Å²) in [5.74, 6) is -0.346. The smallest absolute Gasteiger partial charge is 0.266 e. The van der Waals surface area contributed by atoms with Crippen molar-refractivity contribution in [2.24, 2.45) is 5.73 Å². The van der Waals surface area contributed by atoms with E-state index in [0.717, 1.165) is 61.1 Å². The topological polar surface area (TPSA) is 105 Å². The van der Waals surface area contributed by atoms with Gasteiger partial charge >= 0.3 is 0 Å². The number of nitrogens with two attached hydrogens (primary N) is 1. The maximum Gasteiger partial charge on any atom is 0.266 e. The molecule has 1 aromatic heterocycles. The van der Waals surface area contributed by atoms with E-state index in [2.05, 4.69) is 12.2 Å². The van der Waals surface area contributed by atoms with Crippen molar-refractivity contribution >= 4 is 34.2 Å². The number of thiophene rings is 1. The van der Waals surface area contributed by atoms with Crippen LogP contribution < -0.4 is 15.8 Å². The molecule has 0 unspecified atom stereocenters. The van der Waals surface area contributed by atoms with Gasteiger partial charge in [0.05, 0.1) is 12.2 Å². The predicted molar refractivity (Wildman–Crippen MR) is 123 cm³/mol. The fourth-order valence-corrected chi connectivity index (χ4v) is 4.89. The standard InChI is InChI=1S/C24H27N3O3S/c1-2-3-6-13-30-18-11-9-16(10-12-18)14-17(15-25)23(29)27-24-21(22(26)28)19-7-4-5-8-20(19)31-24/h9-12,14H,2-8,13H2,1H3,(H2,26,28)(H,27,29)/b17-14+. The molecule has 1 aromatic carbocycles. The van der Waals surface area contributed by atoms with Gasteiger partial charge in [0.1, 0.15) is 22.4 Å². The Kier molecular flexibility index (Phi) is 7.85. The molecule has 0 fully saturated rings. The molecule has 1 aliphatic carbocycles. The molecule has 2 amide bonds. The van der Waals surface area contributed by atoms with Gasteiger partial charge in [0.2, 0.25) is 0 Å². The molecule has 0 spiro atoms. The molecule has 0 aliphatic heterocycles. The summed E-state index contributed by atoms with van der Waals surface area (Å²) in [5, 5.41) is 12.7. The van der Waals surface area contributed by atoms with Crippen molar-refractivity contribution in [2.75, 3.05) is 11.9 Å². The van der Waals surface area contributed by atoms with Crippen LogP contribution in [0.15, 0.2) is 29.8 Å². The maximum atomic E-state index is 12.7. The average Bonchev–Trinajstić information content (AvgIpc) is 3.14. The highest BCUT2D eigenvalue weighted by molar-refractivity contribution is 7.17. The molecule has 0 saturated heterocycles. The molecule has 162 valence electrons. The fourth-order valence-electron chi connectivity index (χ4n) is 3.60.